The van der Waals surface area contributed by atoms with Gasteiger partial charge in [-0.05, 0) is 29.5 Å². The number of ketones is 1. The van der Waals surface area contributed by atoms with Gasteiger partial charge in [0.05, 0.1) is 19.2 Å². The third-order valence-electron chi connectivity index (χ3n) is 2.04. The van der Waals surface area contributed by atoms with Crippen molar-refractivity contribution in [1.82, 2.24) is 4.84 Å². The van der Waals surface area contributed by atoms with Crippen LogP contribution in [0.25, 0.3) is 0 Å². The van der Waals surface area contributed by atoms with Gasteiger partial charge < -0.3 is 4.74 Å². The zero-order valence-electron chi connectivity index (χ0n) is 8.83. The molecule has 1 aromatic rings. The zero-order valence-corrected chi connectivity index (χ0v) is 9.58. The van der Waals surface area contributed by atoms with E-state index in [-0.39, 0.29) is 18.3 Å². The Bertz CT molecular complexity index is 375. The minimum absolute atomic E-state index is 0.0131. The predicted molar refractivity (Wildman–Crippen MR) is 60.3 cm³/mol. The lowest BCUT2D eigenvalue weighted by molar-refractivity contribution is -0.117. The minimum Gasteiger partial charge on any atom is -0.465 e. The molecule has 0 bridgehead atoms. The molecule has 0 radical (unpaired) electrons. The summed E-state index contributed by atoms with van der Waals surface area (Å²) in [6.07, 6.45) is 0.293. The molecule has 1 rings (SSSR count). The molecule has 0 aliphatic carbocycles. The molecule has 5 heteroatoms. The van der Waals surface area contributed by atoms with Crippen LogP contribution in [0.2, 0.25) is 0 Å². The fraction of sp³-hybridized carbons (Fsp3) is 0.273. The van der Waals surface area contributed by atoms with Gasteiger partial charge in [0.25, 0.3) is 0 Å². The fourth-order valence-electron chi connectivity index (χ4n) is 1.24. The lowest BCUT2D eigenvalue weighted by atomic mass is 10.1. The Kier molecular flexibility index (Phi) is 4.95. The van der Waals surface area contributed by atoms with E-state index >= 15 is 0 Å². The summed E-state index contributed by atoms with van der Waals surface area (Å²) < 4.78 is 4.56. The first-order chi connectivity index (χ1) is 7.67. The van der Waals surface area contributed by atoms with Gasteiger partial charge in [0.15, 0.2) is 5.78 Å². The Morgan fingerprint density at radius 3 is 2.44 bits per heavy atom. The van der Waals surface area contributed by atoms with Crippen molar-refractivity contribution in [2.24, 2.45) is 0 Å². The molecule has 0 aliphatic rings. The maximum absolute atomic E-state index is 11.2. The fourth-order valence-corrected chi connectivity index (χ4v) is 1.39. The SMILES string of the molecule is COC(=O)c1ccc(CC(=O)CNCl)cc1. The molecule has 0 amide bonds. The van der Waals surface area contributed by atoms with Crippen LogP contribution < -0.4 is 4.84 Å². The van der Waals surface area contributed by atoms with E-state index in [1.165, 1.54) is 7.11 Å². The monoisotopic (exact) mass is 241 g/mol. The van der Waals surface area contributed by atoms with Crippen molar-refractivity contribution >= 4 is 23.5 Å². The van der Waals surface area contributed by atoms with Gasteiger partial charge in [0, 0.05) is 6.42 Å². The number of ether oxygens (including phenoxy) is 1. The van der Waals surface area contributed by atoms with Crippen molar-refractivity contribution in [2.75, 3.05) is 13.7 Å². The second-order valence-electron chi connectivity index (χ2n) is 3.21. The molecule has 16 heavy (non-hydrogen) atoms. The molecule has 4 nitrogen and oxygen atoms in total. The number of benzene rings is 1. The summed E-state index contributed by atoms with van der Waals surface area (Å²) in [6.45, 7) is 0.125. The summed E-state index contributed by atoms with van der Waals surface area (Å²) in [6, 6.07) is 6.70. The van der Waals surface area contributed by atoms with Crippen molar-refractivity contribution in [2.45, 2.75) is 6.42 Å². The van der Waals surface area contributed by atoms with Crippen molar-refractivity contribution in [1.29, 1.82) is 0 Å². The van der Waals surface area contributed by atoms with E-state index in [2.05, 4.69) is 9.57 Å². The first-order valence-corrected chi connectivity index (χ1v) is 5.07. The number of carbonyl (C=O) groups excluding carboxylic acids is 2. The number of hydrogen-bond donors (Lipinski definition) is 1. The molecule has 0 atom stereocenters. The van der Waals surface area contributed by atoms with Crippen LogP contribution in [0, 0.1) is 0 Å². The van der Waals surface area contributed by atoms with Gasteiger partial charge in [-0.25, -0.2) is 9.63 Å². The van der Waals surface area contributed by atoms with Gasteiger partial charge >= 0.3 is 5.97 Å². The van der Waals surface area contributed by atoms with Gasteiger partial charge in [0.1, 0.15) is 0 Å². The summed E-state index contributed by atoms with van der Waals surface area (Å²) in [5, 5.41) is 0. The number of methoxy groups -OCH3 is 1. The smallest absolute Gasteiger partial charge is 0.337 e. The molecule has 0 aromatic heterocycles. The molecular formula is C11H12ClNO3. The topological polar surface area (TPSA) is 55.4 Å². The standard InChI is InChI=1S/C11H12ClNO3/c1-16-11(15)9-4-2-8(3-5-9)6-10(14)7-13-12/h2-5,13H,6-7H2,1H3. The van der Waals surface area contributed by atoms with Crippen molar-refractivity contribution in [3.05, 3.63) is 35.4 Å². The lowest BCUT2D eigenvalue weighted by Gasteiger charge is -2.02. The number of halogens is 1. The molecule has 86 valence electrons. The van der Waals surface area contributed by atoms with Crippen LogP contribution in [0.15, 0.2) is 24.3 Å². The van der Waals surface area contributed by atoms with Crippen molar-refractivity contribution < 1.29 is 14.3 Å². The Hall–Kier alpha value is -1.39. The van der Waals surface area contributed by atoms with Gasteiger partial charge in [-0.2, -0.15) is 0 Å². The third kappa shape index (κ3) is 3.64. The lowest BCUT2D eigenvalue weighted by Crippen LogP contribution is -2.16. The highest BCUT2D eigenvalue weighted by Gasteiger charge is 2.06. The van der Waals surface area contributed by atoms with E-state index in [4.69, 9.17) is 11.8 Å². The number of Topliss-reactive ketones (excluding diaryl/α,β-unsaturated/α-hetero) is 1. The molecular weight excluding hydrogens is 230 g/mol. The molecule has 0 saturated carbocycles. The van der Waals surface area contributed by atoms with Gasteiger partial charge in [-0.1, -0.05) is 12.1 Å². The van der Waals surface area contributed by atoms with E-state index in [1.54, 1.807) is 24.3 Å². The maximum Gasteiger partial charge on any atom is 0.337 e. The van der Waals surface area contributed by atoms with E-state index < -0.39 is 0 Å². The first kappa shape index (κ1) is 12.7. The van der Waals surface area contributed by atoms with E-state index in [9.17, 15) is 9.59 Å². The highest BCUT2D eigenvalue weighted by molar-refractivity contribution is 6.14. The number of esters is 1. The molecule has 0 heterocycles. The van der Waals surface area contributed by atoms with E-state index in [0.29, 0.717) is 12.0 Å². The quantitative estimate of drug-likeness (QED) is 0.624. The number of rotatable bonds is 5. The predicted octanol–water partition coefficient (Wildman–Crippen LogP) is 1.33. The van der Waals surface area contributed by atoms with Gasteiger partial charge in [0.2, 0.25) is 0 Å². The maximum atomic E-state index is 11.2. The van der Waals surface area contributed by atoms with Crippen molar-refractivity contribution in [3.8, 4) is 0 Å². The molecule has 1 N–H and O–H groups in total. The normalized spacial score (nSPS) is 9.88. The Morgan fingerprint density at radius 1 is 1.31 bits per heavy atom. The van der Waals surface area contributed by atoms with Gasteiger partial charge in [-0.15, -0.1) is 0 Å². The highest BCUT2D eigenvalue weighted by Crippen LogP contribution is 2.06. The average Bonchev–Trinajstić information content (AvgIpc) is 2.29. The Labute approximate surface area is 98.7 Å². The third-order valence-corrected chi connectivity index (χ3v) is 2.17. The number of carbonyl (C=O) groups is 2. The largest absolute Gasteiger partial charge is 0.465 e. The summed E-state index contributed by atoms with van der Waals surface area (Å²) in [5.41, 5.74) is 1.30. The average molecular weight is 242 g/mol. The summed E-state index contributed by atoms with van der Waals surface area (Å²) in [5.74, 6) is -0.402. The summed E-state index contributed by atoms with van der Waals surface area (Å²) in [4.78, 5) is 24.7. The van der Waals surface area contributed by atoms with E-state index in [0.717, 1.165) is 5.56 Å². The number of hydrogen-bond acceptors (Lipinski definition) is 4. The van der Waals surface area contributed by atoms with E-state index in [1.807, 2.05) is 0 Å². The van der Waals surface area contributed by atoms with Crippen molar-refractivity contribution in [3.63, 3.8) is 0 Å². The zero-order chi connectivity index (χ0) is 12.0. The first-order valence-electron chi connectivity index (χ1n) is 4.70. The highest BCUT2D eigenvalue weighted by atomic mass is 35.5. The van der Waals surface area contributed by atoms with Crippen LogP contribution in [0.5, 0.6) is 0 Å². The van der Waals surface area contributed by atoms with Gasteiger partial charge in [-0.3, -0.25) is 4.79 Å². The van der Waals surface area contributed by atoms with Crippen LogP contribution >= 0.6 is 11.8 Å². The Balaban J connectivity index is 2.64. The minimum atomic E-state index is -0.389. The van der Waals surface area contributed by atoms with Crippen LogP contribution in [0.1, 0.15) is 15.9 Å². The molecule has 0 aliphatic heterocycles. The second-order valence-corrected chi connectivity index (χ2v) is 3.48. The summed E-state index contributed by atoms with van der Waals surface area (Å²) >= 11 is 5.22. The second kappa shape index (κ2) is 6.25. The Morgan fingerprint density at radius 2 is 1.94 bits per heavy atom. The van der Waals surface area contributed by atoms with Crippen LogP contribution in [-0.4, -0.2) is 25.4 Å². The number of nitrogens with one attached hydrogen (secondary N) is 1. The summed E-state index contributed by atoms with van der Waals surface area (Å²) in [7, 11) is 1.33. The molecule has 0 fully saturated rings. The molecule has 0 saturated heterocycles. The molecule has 0 spiro atoms. The van der Waals surface area contributed by atoms with Crippen LogP contribution in [0.4, 0.5) is 0 Å². The van der Waals surface area contributed by atoms with Crippen LogP contribution in [-0.2, 0) is 16.0 Å². The molecule has 0 unspecified atom stereocenters. The van der Waals surface area contributed by atoms with Crippen LogP contribution in [0.3, 0.4) is 0 Å². The molecule has 1 aromatic carbocycles.